The molecule has 0 unspecified atom stereocenters. The van der Waals surface area contributed by atoms with Gasteiger partial charge in [0.25, 0.3) is 0 Å². The van der Waals surface area contributed by atoms with Crippen LogP contribution in [0, 0.1) is 11.6 Å². The van der Waals surface area contributed by atoms with Crippen molar-refractivity contribution in [2.45, 2.75) is 13.5 Å². The average molecular weight is 293 g/mol. The Morgan fingerprint density at radius 3 is 2.43 bits per heavy atom. The van der Waals surface area contributed by atoms with Crippen LogP contribution in [-0.2, 0) is 6.54 Å². The Hall–Kier alpha value is -2.37. The number of nitrogens with one attached hydrogen (secondary N) is 2. The second kappa shape index (κ2) is 6.88. The molecule has 0 spiro atoms. The quantitative estimate of drug-likeness (QED) is 0.857. The maximum Gasteiger partial charge on any atom is 0.168 e. The first kappa shape index (κ1) is 15.0. The zero-order chi connectivity index (χ0) is 15.2. The minimum atomic E-state index is -0.732. The van der Waals surface area contributed by atoms with Crippen LogP contribution >= 0.6 is 0 Å². The second-order valence-electron chi connectivity index (χ2n) is 4.34. The van der Waals surface area contributed by atoms with Gasteiger partial charge in [-0.25, -0.2) is 13.8 Å². The zero-order valence-electron chi connectivity index (χ0n) is 11.9. The van der Waals surface area contributed by atoms with Gasteiger partial charge in [-0.2, -0.15) is 0 Å². The van der Waals surface area contributed by atoms with Crippen molar-refractivity contribution in [3.8, 4) is 5.75 Å². The Kier molecular flexibility index (Phi) is 4.92. The van der Waals surface area contributed by atoms with E-state index in [1.165, 1.54) is 0 Å². The smallest absolute Gasteiger partial charge is 0.168 e. The first-order chi connectivity index (χ1) is 10.2. The Morgan fingerprint density at radius 1 is 1.10 bits per heavy atom. The highest BCUT2D eigenvalue weighted by molar-refractivity contribution is 5.48. The van der Waals surface area contributed by atoms with Gasteiger partial charge in [0, 0.05) is 24.7 Å². The average Bonchev–Trinajstić information content (AvgIpc) is 2.49. The Balaban J connectivity index is 2.17. The third-order valence-corrected chi connectivity index (χ3v) is 2.91. The monoisotopic (exact) mass is 293 g/mol. The summed E-state index contributed by atoms with van der Waals surface area (Å²) in [6, 6.07) is 8.20. The molecule has 112 valence electrons. The van der Waals surface area contributed by atoms with Crippen LogP contribution in [0.1, 0.15) is 12.5 Å². The van der Waals surface area contributed by atoms with Crippen LogP contribution in [0.4, 0.5) is 20.4 Å². The fraction of sp³-hybridized carbons (Fsp3) is 0.267. The largest absolute Gasteiger partial charge is 0.496 e. The van der Waals surface area contributed by atoms with Gasteiger partial charge in [0.05, 0.1) is 7.11 Å². The number of ether oxygens (including phenoxy) is 1. The molecule has 0 radical (unpaired) electrons. The van der Waals surface area contributed by atoms with Gasteiger partial charge >= 0.3 is 0 Å². The molecule has 0 saturated carbocycles. The van der Waals surface area contributed by atoms with Crippen molar-refractivity contribution in [3.05, 3.63) is 47.5 Å². The summed E-state index contributed by atoms with van der Waals surface area (Å²) in [6.07, 6.45) is 0. The second-order valence-corrected chi connectivity index (χ2v) is 4.34. The molecule has 21 heavy (non-hydrogen) atoms. The van der Waals surface area contributed by atoms with E-state index in [9.17, 15) is 8.78 Å². The number of para-hydroxylation sites is 1. The van der Waals surface area contributed by atoms with Gasteiger partial charge in [-0.1, -0.05) is 18.2 Å². The normalized spacial score (nSPS) is 10.3. The lowest BCUT2D eigenvalue weighted by atomic mass is 10.2. The van der Waals surface area contributed by atoms with Crippen LogP contribution < -0.4 is 15.4 Å². The molecule has 6 heteroatoms. The maximum atomic E-state index is 13.7. The van der Waals surface area contributed by atoms with Crippen molar-refractivity contribution in [1.82, 2.24) is 4.98 Å². The number of benzene rings is 1. The van der Waals surface area contributed by atoms with Gasteiger partial charge < -0.3 is 15.4 Å². The fourth-order valence-corrected chi connectivity index (χ4v) is 1.91. The molecule has 1 heterocycles. The molecular weight excluding hydrogens is 276 g/mol. The molecule has 0 atom stereocenters. The molecule has 0 saturated heterocycles. The summed E-state index contributed by atoms with van der Waals surface area (Å²) in [5.74, 6) is -0.722. The molecule has 0 fully saturated rings. The van der Waals surface area contributed by atoms with Gasteiger partial charge in [-0.05, 0) is 13.0 Å². The molecule has 0 aliphatic heterocycles. The highest BCUT2D eigenvalue weighted by Gasteiger charge is 2.12. The molecular formula is C15H17F2N3O. The fourth-order valence-electron chi connectivity index (χ4n) is 1.91. The molecule has 1 aromatic heterocycles. The number of anilines is 2. The summed E-state index contributed by atoms with van der Waals surface area (Å²) < 4.78 is 32.4. The van der Waals surface area contributed by atoms with Crippen LogP contribution in [-0.4, -0.2) is 18.6 Å². The molecule has 1 aromatic carbocycles. The van der Waals surface area contributed by atoms with Crippen molar-refractivity contribution in [2.75, 3.05) is 24.3 Å². The van der Waals surface area contributed by atoms with E-state index in [1.54, 1.807) is 7.11 Å². The molecule has 2 N–H and O–H groups in total. The van der Waals surface area contributed by atoms with Crippen LogP contribution in [0.25, 0.3) is 0 Å². The lowest BCUT2D eigenvalue weighted by Crippen LogP contribution is -2.09. The van der Waals surface area contributed by atoms with E-state index in [4.69, 9.17) is 4.74 Å². The Bertz CT molecular complexity index is 620. The Labute approximate surface area is 122 Å². The van der Waals surface area contributed by atoms with Crippen LogP contribution in [0.2, 0.25) is 0 Å². The Morgan fingerprint density at radius 2 is 1.76 bits per heavy atom. The van der Waals surface area contributed by atoms with Crippen molar-refractivity contribution in [3.63, 3.8) is 0 Å². The summed E-state index contributed by atoms with van der Waals surface area (Å²) in [7, 11) is 1.57. The zero-order valence-corrected chi connectivity index (χ0v) is 11.9. The van der Waals surface area contributed by atoms with Crippen molar-refractivity contribution < 1.29 is 13.5 Å². The minimum Gasteiger partial charge on any atom is -0.496 e. The first-order valence-corrected chi connectivity index (χ1v) is 6.61. The number of methoxy groups -OCH3 is 1. The summed E-state index contributed by atoms with van der Waals surface area (Å²) >= 11 is 0. The topological polar surface area (TPSA) is 46.2 Å². The number of halogens is 2. The highest BCUT2D eigenvalue weighted by atomic mass is 19.1. The van der Waals surface area contributed by atoms with Crippen molar-refractivity contribution in [1.29, 1.82) is 0 Å². The van der Waals surface area contributed by atoms with Crippen LogP contribution in [0.5, 0.6) is 5.75 Å². The number of hydrogen-bond donors (Lipinski definition) is 2. The van der Waals surface area contributed by atoms with E-state index < -0.39 is 11.6 Å². The van der Waals surface area contributed by atoms with Crippen LogP contribution in [0.3, 0.4) is 0 Å². The summed E-state index contributed by atoms with van der Waals surface area (Å²) in [5, 5.41) is 5.60. The summed E-state index contributed by atoms with van der Waals surface area (Å²) in [6.45, 7) is 2.64. The molecule has 0 aliphatic carbocycles. The lowest BCUT2D eigenvalue weighted by Gasteiger charge is -2.12. The van der Waals surface area contributed by atoms with Crippen molar-refractivity contribution >= 4 is 11.6 Å². The van der Waals surface area contributed by atoms with E-state index in [0.717, 1.165) is 11.6 Å². The third kappa shape index (κ3) is 3.59. The number of pyridine rings is 1. The molecule has 4 nitrogen and oxygen atoms in total. The maximum absolute atomic E-state index is 13.7. The predicted octanol–water partition coefficient (Wildman–Crippen LogP) is 3.41. The van der Waals surface area contributed by atoms with E-state index in [-0.39, 0.29) is 11.6 Å². The molecule has 0 bridgehead atoms. The minimum absolute atomic E-state index is 0.00161. The van der Waals surface area contributed by atoms with Crippen LogP contribution in [0.15, 0.2) is 30.3 Å². The van der Waals surface area contributed by atoms with Gasteiger partial charge in [0.2, 0.25) is 0 Å². The van der Waals surface area contributed by atoms with Gasteiger partial charge in [0.1, 0.15) is 5.75 Å². The van der Waals surface area contributed by atoms with E-state index in [2.05, 4.69) is 15.6 Å². The number of hydrogen-bond acceptors (Lipinski definition) is 4. The summed E-state index contributed by atoms with van der Waals surface area (Å²) in [4.78, 5) is 3.92. The molecule has 2 rings (SSSR count). The van der Waals surface area contributed by atoms with Gasteiger partial charge in [-0.15, -0.1) is 0 Å². The first-order valence-electron chi connectivity index (χ1n) is 6.61. The standard InChI is InChI=1S/C15H17F2N3O/c1-3-18-14-11(16)8-12(17)15(20-14)19-9-10-6-4-5-7-13(10)21-2/h4-8H,3,9H2,1-2H3,(H2,18,19,20). The van der Waals surface area contributed by atoms with Gasteiger partial charge in [0.15, 0.2) is 23.3 Å². The SMILES string of the molecule is CCNc1nc(NCc2ccccc2OC)c(F)cc1F. The number of rotatable bonds is 6. The van der Waals surface area contributed by atoms with Crippen molar-refractivity contribution in [2.24, 2.45) is 0 Å². The number of aromatic nitrogens is 1. The van der Waals surface area contributed by atoms with E-state index >= 15 is 0 Å². The number of nitrogens with zero attached hydrogens (tertiary/aromatic N) is 1. The van der Waals surface area contributed by atoms with E-state index in [0.29, 0.717) is 18.8 Å². The molecule has 0 aliphatic rings. The molecule has 0 amide bonds. The highest BCUT2D eigenvalue weighted by Crippen LogP contribution is 2.22. The molecule has 2 aromatic rings. The van der Waals surface area contributed by atoms with E-state index in [1.807, 2.05) is 31.2 Å². The predicted molar refractivity (Wildman–Crippen MR) is 78.6 cm³/mol. The lowest BCUT2D eigenvalue weighted by molar-refractivity contribution is 0.410. The third-order valence-electron chi connectivity index (χ3n) is 2.91. The summed E-state index contributed by atoms with van der Waals surface area (Å²) in [5.41, 5.74) is 0.857. The van der Waals surface area contributed by atoms with Gasteiger partial charge in [-0.3, -0.25) is 0 Å².